The largest absolute Gasteiger partial charge is 0.355 e. The zero-order valence-corrected chi connectivity index (χ0v) is 14.5. The summed E-state index contributed by atoms with van der Waals surface area (Å²) in [6.07, 6.45) is 0. The molecule has 0 atom stereocenters. The number of nitrogens with zero attached hydrogens (tertiary/aromatic N) is 1. The average molecular weight is 370 g/mol. The molecule has 3 aromatic rings. The molecule has 0 unspecified atom stereocenters. The number of carbonyl (C=O) groups excluding carboxylic acids is 2. The molecule has 0 radical (unpaired) electrons. The fraction of sp³-hybridized carbons (Fsp3) is 0.105. The van der Waals surface area contributed by atoms with E-state index in [4.69, 9.17) is 16.1 Å². The van der Waals surface area contributed by atoms with Crippen molar-refractivity contribution in [2.45, 2.75) is 6.54 Å². The summed E-state index contributed by atoms with van der Waals surface area (Å²) in [5.74, 6) is -0.291. The Morgan fingerprint density at radius 2 is 1.73 bits per heavy atom. The van der Waals surface area contributed by atoms with E-state index in [0.29, 0.717) is 17.3 Å². The third-order valence-corrected chi connectivity index (χ3v) is 3.87. The maximum absolute atomic E-state index is 12.1. The lowest BCUT2D eigenvalue weighted by Gasteiger charge is -2.06. The Kier molecular flexibility index (Phi) is 5.66. The van der Waals surface area contributed by atoms with Crippen molar-refractivity contribution in [3.05, 3.63) is 76.9 Å². The topological polar surface area (TPSA) is 84.2 Å². The molecule has 0 fully saturated rings. The Morgan fingerprint density at radius 1 is 1.00 bits per heavy atom. The second-order valence-electron chi connectivity index (χ2n) is 5.53. The van der Waals surface area contributed by atoms with Crippen LogP contribution in [0.25, 0.3) is 11.3 Å². The van der Waals surface area contributed by atoms with Gasteiger partial charge in [-0.2, -0.15) is 0 Å². The number of amides is 2. The summed E-state index contributed by atoms with van der Waals surface area (Å²) in [6.45, 7) is 0.202. The van der Waals surface area contributed by atoms with E-state index in [-0.39, 0.29) is 18.1 Å². The summed E-state index contributed by atoms with van der Waals surface area (Å²) in [6, 6.07) is 18.0. The van der Waals surface area contributed by atoms with E-state index in [1.54, 1.807) is 12.1 Å². The van der Waals surface area contributed by atoms with Gasteiger partial charge in [0.1, 0.15) is 0 Å². The lowest BCUT2D eigenvalue weighted by Crippen LogP contribution is -2.36. The molecule has 0 aliphatic heterocycles. The van der Waals surface area contributed by atoms with Gasteiger partial charge in [-0.1, -0.05) is 59.2 Å². The van der Waals surface area contributed by atoms with E-state index in [1.807, 2.05) is 42.5 Å². The zero-order chi connectivity index (χ0) is 18.4. The van der Waals surface area contributed by atoms with Crippen molar-refractivity contribution in [2.75, 3.05) is 6.54 Å². The lowest BCUT2D eigenvalue weighted by atomic mass is 10.1. The van der Waals surface area contributed by atoms with Gasteiger partial charge in [0.15, 0.2) is 11.5 Å². The Labute approximate surface area is 155 Å². The molecule has 0 aliphatic carbocycles. The highest BCUT2D eigenvalue weighted by atomic mass is 35.5. The van der Waals surface area contributed by atoms with Gasteiger partial charge in [0, 0.05) is 23.2 Å². The first kappa shape index (κ1) is 17.7. The molecule has 0 saturated heterocycles. The number of rotatable bonds is 6. The summed E-state index contributed by atoms with van der Waals surface area (Å²) in [7, 11) is 0. The predicted molar refractivity (Wildman–Crippen MR) is 97.6 cm³/mol. The molecule has 1 heterocycles. The lowest BCUT2D eigenvalue weighted by molar-refractivity contribution is -0.120. The van der Waals surface area contributed by atoms with Crippen molar-refractivity contribution < 1.29 is 14.1 Å². The van der Waals surface area contributed by atoms with E-state index in [9.17, 15) is 9.59 Å². The first-order valence-corrected chi connectivity index (χ1v) is 8.31. The highest BCUT2D eigenvalue weighted by Crippen LogP contribution is 2.19. The standard InChI is InChI=1S/C19H16ClN3O3/c20-15-8-6-13(7-9-15)11-21-18(24)12-22-19(25)16-10-17(26-23-16)14-4-2-1-3-5-14/h1-10H,11-12H2,(H,21,24)(H,22,25). The van der Waals surface area contributed by atoms with Crippen molar-refractivity contribution in [2.24, 2.45) is 0 Å². The number of carbonyl (C=O) groups is 2. The maximum Gasteiger partial charge on any atom is 0.273 e. The minimum Gasteiger partial charge on any atom is -0.355 e. The molecule has 2 aromatic carbocycles. The Hall–Kier alpha value is -3.12. The normalized spacial score (nSPS) is 10.3. The van der Waals surface area contributed by atoms with Crippen LogP contribution < -0.4 is 10.6 Å². The fourth-order valence-corrected chi connectivity index (χ4v) is 2.36. The Morgan fingerprint density at radius 3 is 2.46 bits per heavy atom. The average Bonchev–Trinajstić information content (AvgIpc) is 3.17. The zero-order valence-electron chi connectivity index (χ0n) is 13.7. The van der Waals surface area contributed by atoms with Crippen LogP contribution >= 0.6 is 11.6 Å². The Bertz CT molecular complexity index is 892. The summed E-state index contributed by atoms with van der Waals surface area (Å²) in [5, 5.41) is 9.61. The quantitative estimate of drug-likeness (QED) is 0.699. The molecule has 132 valence electrons. The molecule has 0 aliphatic rings. The van der Waals surface area contributed by atoms with Crippen LogP contribution in [-0.2, 0) is 11.3 Å². The van der Waals surface area contributed by atoms with Gasteiger partial charge < -0.3 is 15.2 Å². The molecule has 26 heavy (non-hydrogen) atoms. The number of aromatic nitrogens is 1. The molecular formula is C19H16ClN3O3. The first-order valence-electron chi connectivity index (χ1n) is 7.93. The second kappa shape index (κ2) is 8.31. The van der Waals surface area contributed by atoms with Crippen LogP contribution in [0.4, 0.5) is 0 Å². The molecule has 0 bridgehead atoms. The summed E-state index contributed by atoms with van der Waals surface area (Å²) >= 11 is 5.81. The van der Waals surface area contributed by atoms with E-state index < -0.39 is 5.91 Å². The van der Waals surface area contributed by atoms with Crippen LogP contribution in [0.2, 0.25) is 5.02 Å². The minimum absolute atomic E-state index is 0.120. The maximum atomic E-state index is 12.1. The van der Waals surface area contributed by atoms with Crippen LogP contribution in [0.15, 0.2) is 65.2 Å². The van der Waals surface area contributed by atoms with Crippen LogP contribution in [0.5, 0.6) is 0 Å². The van der Waals surface area contributed by atoms with Crippen LogP contribution in [0.3, 0.4) is 0 Å². The summed E-state index contributed by atoms with van der Waals surface area (Å²) < 4.78 is 5.17. The smallest absolute Gasteiger partial charge is 0.273 e. The first-order chi connectivity index (χ1) is 12.6. The van der Waals surface area contributed by atoms with E-state index in [2.05, 4.69) is 15.8 Å². The fourth-order valence-electron chi connectivity index (χ4n) is 2.24. The molecular weight excluding hydrogens is 354 g/mol. The van der Waals surface area contributed by atoms with Gasteiger partial charge in [0.05, 0.1) is 6.54 Å². The highest BCUT2D eigenvalue weighted by Gasteiger charge is 2.14. The Balaban J connectivity index is 1.48. The molecule has 0 spiro atoms. The van der Waals surface area contributed by atoms with Gasteiger partial charge in [-0.25, -0.2) is 0 Å². The van der Waals surface area contributed by atoms with Gasteiger partial charge in [-0.3, -0.25) is 9.59 Å². The summed E-state index contributed by atoms with van der Waals surface area (Å²) in [5.41, 5.74) is 1.85. The number of hydrogen-bond donors (Lipinski definition) is 2. The second-order valence-corrected chi connectivity index (χ2v) is 5.96. The predicted octanol–water partition coefficient (Wildman–Crippen LogP) is 3.04. The highest BCUT2D eigenvalue weighted by molar-refractivity contribution is 6.30. The monoisotopic (exact) mass is 369 g/mol. The molecule has 7 heteroatoms. The molecule has 1 aromatic heterocycles. The SMILES string of the molecule is O=C(CNC(=O)c1cc(-c2ccccc2)on1)NCc1ccc(Cl)cc1. The molecule has 3 rings (SSSR count). The van der Waals surface area contributed by atoms with Crippen LogP contribution in [0, 0.1) is 0 Å². The third-order valence-electron chi connectivity index (χ3n) is 3.61. The van der Waals surface area contributed by atoms with Crippen molar-refractivity contribution in [3.8, 4) is 11.3 Å². The van der Waals surface area contributed by atoms with Crippen molar-refractivity contribution in [1.82, 2.24) is 15.8 Å². The van der Waals surface area contributed by atoms with Crippen molar-refractivity contribution >= 4 is 23.4 Å². The van der Waals surface area contributed by atoms with E-state index in [0.717, 1.165) is 11.1 Å². The van der Waals surface area contributed by atoms with Crippen LogP contribution in [0.1, 0.15) is 16.1 Å². The third kappa shape index (κ3) is 4.70. The van der Waals surface area contributed by atoms with Gasteiger partial charge in [0.25, 0.3) is 5.91 Å². The molecule has 2 N–H and O–H groups in total. The van der Waals surface area contributed by atoms with E-state index in [1.165, 1.54) is 6.07 Å². The van der Waals surface area contributed by atoms with Gasteiger partial charge in [-0.05, 0) is 17.7 Å². The molecule has 2 amide bonds. The van der Waals surface area contributed by atoms with Gasteiger partial charge in [-0.15, -0.1) is 0 Å². The van der Waals surface area contributed by atoms with Gasteiger partial charge >= 0.3 is 0 Å². The number of nitrogens with one attached hydrogen (secondary N) is 2. The van der Waals surface area contributed by atoms with E-state index >= 15 is 0 Å². The van der Waals surface area contributed by atoms with Gasteiger partial charge in [0.2, 0.25) is 5.91 Å². The van der Waals surface area contributed by atoms with Crippen LogP contribution in [-0.4, -0.2) is 23.5 Å². The minimum atomic E-state index is -0.474. The number of benzene rings is 2. The van der Waals surface area contributed by atoms with Crippen molar-refractivity contribution in [1.29, 1.82) is 0 Å². The number of halogens is 1. The molecule has 0 saturated carbocycles. The molecule has 6 nitrogen and oxygen atoms in total. The van der Waals surface area contributed by atoms with Crippen molar-refractivity contribution in [3.63, 3.8) is 0 Å². The number of hydrogen-bond acceptors (Lipinski definition) is 4. The summed E-state index contributed by atoms with van der Waals surface area (Å²) in [4.78, 5) is 23.9.